The summed E-state index contributed by atoms with van der Waals surface area (Å²) in [5, 5.41) is 10.7. The van der Waals surface area contributed by atoms with Gasteiger partial charge in [-0.3, -0.25) is 0 Å². The molecule has 0 saturated carbocycles. The average Bonchev–Trinajstić information content (AvgIpc) is 3.02. The molecule has 2 unspecified atom stereocenters. The molecule has 166 valence electrons. The third kappa shape index (κ3) is 5.85. The number of nitrogens with one attached hydrogen (secondary N) is 4. The minimum atomic E-state index is -3.13. The summed E-state index contributed by atoms with van der Waals surface area (Å²) in [5.74, 6) is -0.0778. The zero-order chi connectivity index (χ0) is 22.2. The molecule has 2 heterocycles. The lowest BCUT2D eigenvalue weighted by atomic mass is 10.0. The molecule has 0 radical (unpaired) electrons. The van der Waals surface area contributed by atoms with Gasteiger partial charge in [-0.1, -0.05) is 0 Å². The van der Waals surface area contributed by atoms with E-state index in [0.717, 1.165) is 0 Å². The van der Waals surface area contributed by atoms with Crippen molar-refractivity contribution in [3.63, 3.8) is 0 Å². The lowest BCUT2D eigenvalue weighted by Crippen LogP contribution is -2.48. The Hall–Kier alpha value is -2.34. The predicted molar refractivity (Wildman–Crippen MR) is 114 cm³/mol. The number of benzene rings is 1. The van der Waals surface area contributed by atoms with Crippen LogP contribution in [0.2, 0.25) is 0 Å². The second-order valence-corrected chi connectivity index (χ2v) is 12.9. The van der Waals surface area contributed by atoms with Gasteiger partial charge in [-0.15, -0.1) is 0 Å². The fourth-order valence-corrected chi connectivity index (χ4v) is 7.91. The van der Waals surface area contributed by atoms with Crippen molar-refractivity contribution < 1.29 is 26.4 Å². The van der Waals surface area contributed by atoms with Gasteiger partial charge in [0.15, 0.2) is 19.7 Å². The van der Waals surface area contributed by atoms with Gasteiger partial charge in [-0.25, -0.2) is 26.4 Å². The topological polar surface area (TPSA) is 151 Å². The zero-order valence-corrected chi connectivity index (χ0v) is 18.5. The van der Waals surface area contributed by atoms with Crippen LogP contribution in [0.15, 0.2) is 24.3 Å². The van der Waals surface area contributed by atoms with Crippen molar-refractivity contribution in [1.29, 1.82) is 0 Å². The first-order valence-electron chi connectivity index (χ1n) is 9.47. The molecular weight excluding hydrogens is 432 g/mol. The van der Waals surface area contributed by atoms with E-state index in [9.17, 15) is 26.4 Å². The Morgan fingerprint density at radius 1 is 0.733 bits per heavy atom. The third-order valence-electron chi connectivity index (χ3n) is 5.24. The van der Waals surface area contributed by atoms with Crippen molar-refractivity contribution >= 4 is 43.1 Å². The summed E-state index contributed by atoms with van der Waals surface area (Å²) in [5.41, 5.74) is -0.660. The molecule has 1 aromatic carbocycles. The number of rotatable bonds is 4. The molecule has 0 aliphatic carbocycles. The van der Waals surface area contributed by atoms with Crippen molar-refractivity contribution in [2.24, 2.45) is 0 Å². The lowest BCUT2D eigenvalue weighted by Gasteiger charge is -2.24. The van der Waals surface area contributed by atoms with E-state index in [1.807, 2.05) is 0 Å². The second kappa shape index (κ2) is 7.73. The number of sulfone groups is 2. The van der Waals surface area contributed by atoms with Gasteiger partial charge in [0.25, 0.3) is 0 Å². The molecule has 1 aromatic rings. The number of amides is 4. The van der Waals surface area contributed by atoms with Crippen molar-refractivity contribution in [3.8, 4) is 0 Å². The molecule has 4 N–H and O–H groups in total. The Balaban J connectivity index is 1.51. The molecule has 2 aliphatic heterocycles. The van der Waals surface area contributed by atoms with Crippen LogP contribution >= 0.6 is 0 Å². The van der Waals surface area contributed by atoms with Crippen molar-refractivity contribution in [2.45, 2.75) is 37.8 Å². The molecule has 10 nitrogen and oxygen atoms in total. The smallest absolute Gasteiger partial charge is 0.319 e. The summed E-state index contributed by atoms with van der Waals surface area (Å²) in [6, 6.07) is 5.33. The first-order chi connectivity index (χ1) is 13.8. The Morgan fingerprint density at radius 2 is 1.07 bits per heavy atom. The largest absolute Gasteiger partial charge is 0.332 e. The molecule has 2 fully saturated rings. The van der Waals surface area contributed by atoms with Gasteiger partial charge in [0, 0.05) is 11.4 Å². The molecule has 30 heavy (non-hydrogen) atoms. The van der Waals surface area contributed by atoms with Crippen LogP contribution in [0.4, 0.5) is 21.0 Å². The highest BCUT2D eigenvalue weighted by Crippen LogP contribution is 2.24. The fraction of sp³-hybridized carbons (Fsp3) is 0.556. The summed E-state index contributed by atoms with van der Waals surface area (Å²) < 4.78 is 46.5. The minimum absolute atomic E-state index is 0.0528. The Labute approximate surface area is 176 Å². The third-order valence-corrected chi connectivity index (χ3v) is 9.04. The van der Waals surface area contributed by atoms with Crippen molar-refractivity contribution in [1.82, 2.24) is 10.6 Å². The van der Waals surface area contributed by atoms with Crippen LogP contribution in [0.25, 0.3) is 0 Å². The van der Waals surface area contributed by atoms with Gasteiger partial charge in [-0.05, 0) is 51.0 Å². The van der Waals surface area contributed by atoms with E-state index < -0.39 is 42.8 Å². The van der Waals surface area contributed by atoms with Crippen molar-refractivity contribution in [3.05, 3.63) is 24.3 Å². The molecule has 2 saturated heterocycles. The number of hydrogen-bond acceptors (Lipinski definition) is 6. The molecular formula is C18H26N4O6S2. The first kappa shape index (κ1) is 22.3. The number of urea groups is 2. The van der Waals surface area contributed by atoms with E-state index in [1.54, 1.807) is 38.1 Å². The van der Waals surface area contributed by atoms with Gasteiger partial charge in [0.05, 0.1) is 34.1 Å². The van der Waals surface area contributed by atoms with Crippen LogP contribution < -0.4 is 21.3 Å². The molecule has 2 atom stereocenters. The number of carbonyl (C=O) groups excluding carboxylic acids is 2. The summed E-state index contributed by atoms with van der Waals surface area (Å²) in [6.45, 7) is 3.39. The maximum absolute atomic E-state index is 12.2. The van der Waals surface area contributed by atoms with Crippen molar-refractivity contribution in [2.75, 3.05) is 33.6 Å². The van der Waals surface area contributed by atoms with E-state index in [2.05, 4.69) is 21.3 Å². The second-order valence-electron chi connectivity index (χ2n) is 8.54. The Bertz CT molecular complexity index is 970. The Morgan fingerprint density at radius 3 is 1.33 bits per heavy atom. The standard InChI is InChI=1S/C18H26N4O6S2/c1-17(7-9-29(25,26)11-17)21-15(23)19-13-3-5-14(6-4-13)20-16(24)22-18(2)8-10-30(27,28)12-18/h3-6H,7-12H2,1-2H3,(H2,19,21,23)(H2,20,22,24). The molecule has 3 rings (SSSR count). The average molecular weight is 459 g/mol. The molecule has 0 spiro atoms. The van der Waals surface area contributed by atoms with Crippen LogP contribution in [0.5, 0.6) is 0 Å². The molecule has 0 aromatic heterocycles. The maximum atomic E-state index is 12.2. The highest BCUT2D eigenvalue weighted by molar-refractivity contribution is 7.92. The van der Waals surface area contributed by atoms with Gasteiger partial charge < -0.3 is 21.3 Å². The van der Waals surface area contributed by atoms with Crippen LogP contribution in [0, 0.1) is 0 Å². The summed E-state index contributed by atoms with van der Waals surface area (Å²) in [6.07, 6.45) is 0.724. The molecule has 2 aliphatic rings. The van der Waals surface area contributed by atoms with Crippen LogP contribution in [0.1, 0.15) is 26.7 Å². The minimum Gasteiger partial charge on any atom is -0.332 e. The maximum Gasteiger partial charge on any atom is 0.319 e. The van der Waals surface area contributed by atoms with E-state index in [0.29, 0.717) is 24.2 Å². The summed E-state index contributed by atoms with van der Waals surface area (Å²) >= 11 is 0. The normalized spacial score (nSPS) is 29.1. The molecule has 4 amide bonds. The van der Waals surface area contributed by atoms with E-state index >= 15 is 0 Å². The number of carbonyl (C=O) groups is 2. The van der Waals surface area contributed by atoms with Crippen LogP contribution in [-0.4, -0.2) is 63.0 Å². The molecule has 0 bridgehead atoms. The van der Waals surface area contributed by atoms with Crippen LogP contribution in [-0.2, 0) is 19.7 Å². The van der Waals surface area contributed by atoms with Gasteiger partial charge >= 0.3 is 12.1 Å². The predicted octanol–water partition coefficient (Wildman–Crippen LogP) is 1.08. The molecule has 12 heteroatoms. The van der Waals surface area contributed by atoms with Gasteiger partial charge in [0.2, 0.25) is 0 Å². The van der Waals surface area contributed by atoms with E-state index in [-0.39, 0.29) is 23.0 Å². The first-order valence-corrected chi connectivity index (χ1v) is 13.1. The highest BCUT2D eigenvalue weighted by Gasteiger charge is 2.40. The fourth-order valence-electron chi connectivity index (χ4n) is 3.73. The van der Waals surface area contributed by atoms with Gasteiger partial charge in [-0.2, -0.15) is 0 Å². The quantitative estimate of drug-likeness (QED) is 0.530. The number of anilines is 2. The van der Waals surface area contributed by atoms with Crippen LogP contribution in [0.3, 0.4) is 0 Å². The summed E-state index contributed by atoms with van der Waals surface area (Å²) in [4.78, 5) is 24.4. The van der Waals surface area contributed by atoms with E-state index in [1.165, 1.54) is 0 Å². The SMILES string of the molecule is CC1(NC(=O)Nc2ccc(NC(=O)NC3(C)CCS(=O)(=O)C3)cc2)CCS(=O)(=O)C1. The number of hydrogen-bond donors (Lipinski definition) is 4. The zero-order valence-electron chi connectivity index (χ0n) is 16.8. The lowest BCUT2D eigenvalue weighted by molar-refractivity contribution is 0.241. The highest BCUT2D eigenvalue weighted by atomic mass is 32.2. The monoisotopic (exact) mass is 458 g/mol. The summed E-state index contributed by atoms with van der Waals surface area (Å²) in [7, 11) is -6.26. The Kier molecular flexibility index (Phi) is 5.76. The van der Waals surface area contributed by atoms with Gasteiger partial charge in [0.1, 0.15) is 0 Å². The van der Waals surface area contributed by atoms with E-state index in [4.69, 9.17) is 0 Å².